The molecule has 1 aliphatic heterocycles. The molecule has 0 bridgehead atoms. The first-order valence-corrected chi connectivity index (χ1v) is 7.85. The van der Waals surface area contributed by atoms with Crippen molar-refractivity contribution in [3.8, 4) is 0 Å². The van der Waals surface area contributed by atoms with Crippen molar-refractivity contribution in [3.05, 3.63) is 0 Å². The van der Waals surface area contributed by atoms with Crippen LogP contribution in [0.25, 0.3) is 0 Å². The summed E-state index contributed by atoms with van der Waals surface area (Å²) in [5.74, 6) is 0. The summed E-state index contributed by atoms with van der Waals surface area (Å²) in [5, 5.41) is 2.50. The number of nitrogens with zero attached hydrogens (tertiary/aromatic N) is 1. The maximum Gasteiger partial charge on any atom is 0.215 e. The molecular weight excluding hydrogens is 238 g/mol. The number of rotatable bonds is 6. The molecule has 1 saturated heterocycles. The van der Waals surface area contributed by atoms with Gasteiger partial charge in [-0.1, -0.05) is 6.42 Å². The molecule has 0 radical (unpaired) electrons. The predicted molar refractivity (Wildman–Crippen MR) is 70.6 cm³/mol. The van der Waals surface area contributed by atoms with Crippen LogP contribution >= 0.6 is 0 Å². The molecule has 5 nitrogen and oxygen atoms in total. The average Bonchev–Trinajstić information content (AvgIpc) is 2.28. The number of sulfonamides is 1. The highest BCUT2D eigenvalue weighted by Crippen LogP contribution is 2.14. The molecule has 2 N–H and O–H groups in total. The number of nitrogens with one attached hydrogen (secondary N) is 2. The van der Waals surface area contributed by atoms with Gasteiger partial charge in [0.25, 0.3) is 0 Å². The van der Waals surface area contributed by atoms with Crippen LogP contribution in [0.15, 0.2) is 0 Å². The van der Waals surface area contributed by atoms with E-state index in [2.05, 4.69) is 22.0 Å². The van der Waals surface area contributed by atoms with E-state index in [0.29, 0.717) is 19.1 Å². The molecule has 17 heavy (non-hydrogen) atoms. The third-order valence-corrected chi connectivity index (χ3v) is 5.26. The average molecular weight is 263 g/mol. The first kappa shape index (κ1) is 14.9. The monoisotopic (exact) mass is 263 g/mol. The summed E-state index contributed by atoms with van der Waals surface area (Å²) in [6.07, 6.45) is 3.50. The van der Waals surface area contributed by atoms with Crippen LogP contribution in [0, 0.1) is 0 Å². The summed E-state index contributed by atoms with van der Waals surface area (Å²) in [6.45, 7) is 3.81. The van der Waals surface area contributed by atoms with Crippen LogP contribution in [0.1, 0.15) is 26.2 Å². The van der Waals surface area contributed by atoms with Crippen LogP contribution < -0.4 is 10.0 Å². The van der Waals surface area contributed by atoms with Crippen LogP contribution in [0.3, 0.4) is 0 Å². The van der Waals surface area contributed by atoms with E-state index < -0.39 is 10.0 Å². The second kappa shape index (κ2) is 6.68. The van der Waals surface area contributed by atoms with E-state index in [1.807, 2.05) is 0 Å². The standard InChI is InChI=1S/C11H25N3O2S/c1-10(8-12-2)17(15,16)13-9-11-6-4-5-7-14(11)3/h10-13H,4-9H2,1-3H3. The lowest BCUT2D eigenvalue weighted by Crippen LogP contribution is -2.47. The zero-order chi connectivity index (χ0) is 12.9. The van der Waals surface area contributed by atoms with Gasteiger partial charge in [0, 0.05) is 19.1 Å². The molecule has 1 fully saturated rings. The quantitative estimate of drug-likeness (QED) is 0.708. The molecule has 0 aliphatic carbocycles. The van der Waals surface area contributed by atoms with Crippen molar-refractivity contribution in [1.82, 2.24) is 14.9 Å². The van der Waals surface area contributed by atoms with Gasteiger partial charge in [0.15, 0.2) is 0 Å². The van der Waals surface area contributed by atoms with Gasteiger partial charge in [-0.2, -0.15) is 0 Å². The van der Waals surface area contributed by atoms with Crippen LogP contribution in [-0.2, 0) is 10.0 Å². The fourth-order valence-corrected chi connectivity index (χ4v) is 3.25. The molecule has 1 aliphatic rings. The van der Waals surface area contributed by atoms with Gasteiger partial charge in [0.05, 0.1) is 5.25 Å². The second-order valence-corrected chi connectivity index (χ2v) is 7.08. The number of likely N-dealkylation sites (N-methyl/N-ethyl adjacent to an activating group) is 1. The van der Waals surface area contributed by atoms with Crippen molar-refractivity contribution < 1.29 is 8.42 Å². The molecule has 0 aromatic carbocycles. The minimum atomic E-state index is -3.18. The summed E-state index contributed by atoms with van der Waals surface area (Å²) in [4.78, 5) is 2.24. The van der Waals surface area contributed by atoms with Gasteiger partial charge in [-0.15, -0.1) is 0 Å². The van der Waals surface area contributed by atoms with Gasteiger partial charge in [-0.3, -0.25) is 0 Å². The van der Waals surface area contributed by atoms with Crippen molar-refractivity contribution in [2.24, 2.45) is 0 Å². The molecule has 6 heteroatoms. The van der Waals surface area contributed by atoms with Crippen LogP contribution in [-0.4, -0.2) is 58.3 Å². The van der Waals surface area contributed by atoms with Crippen molar-refractivity contribution in [1.29, 1.82) is 0 Å². The Bertz CT molecular complexity index is 319. The smallest absolute Gasteiger partial charge is 0.215 e. The summed E-state index contributed by atoms with van der Waals surface area (Å²) in [5.41, 5.74) is 0. The number of piperidine rings is 1. The Morgan fingerprint density at radius 3 is 2.71 bits per heavy atom. The van der Waals surface area contributed by atoms with Crippen molar-refractivity contribution >= 4 is 10.0 Å². The Kier molecular flexibility index (Phi) is 5.85. The fourth-order valence-electron chi connectivity index (χ4n) is 2.15. The van der Waals surface area contributed by atoms with Gasteiger partial charge in [-0.25, -0.2) is 13.1 Å². The summed E-state index contributed by atoms with van der Waals surface area (Å²) in [7, 11) is 0.645. The van der Waals surface area contributed by atoms with Crippen molar-refractivity contribution in [3.63, 3.8) is 0 Å². The molecule has 0 saturated carbocycles. The Morgan fingerprint density at radius 1 is 1.41 bits per heavy atom. The summed E-state index contributed by atoms with van der Waals surface area (Å²) < 4.78 is 26.5. The number of hydrogen-bond acceptors (Lipinski definition) is 4. The Labute approximate surface area is 105 Å². The third kappa shape index (κ3) is 4.54. The minimum Gasteiger partial charge on any atom is -0.318 e. The SMILES string of the molecule is CNCC(C)S(=O)(=O)NCC1CCCCN1C. The van der Waals surface area contributed by atoms with Crippen LogP contribution in [0.2, 0.25) is 0 Å². The second-order valence-electron chi connectivity index (χ2n) is 4.89. The van der Waals surface area contributed by atoms with Gasteiger partial charge < -0.3 is 10.2 Å². The van der Waals surface area contributed by atoms with Crippen molar-refractivity contribution in [2.75, 3.05) is 33.7 Å². The van der Waals surface area contributed by atoms with E-state index in [-0.39, 0.29) is 5.25 Å². The zero-order valence-corrected chi connectivity index (χ0v) is 11.9. The van der Waals surface area contributed by atoms with Crippen molar-refractivity contribution in [2.45, 2.75) is 37.5 Å². The molecule has 2 unspecified atom stereocenters. The number of likely N-dealkylation sites (tertiary alicyclic amines) is 1. The van der Waals surface area contributed by atoms with E-state index in [4.69, 9.17) is 0 Å². The summed E-state index contributed by atoms with van der Waals surface area (Å²) in [6, 6.07) is 0.348. The normalized spacial score (nSPS) is 24.8. The van der Waals surface area contributed by atoms with E-state index in [9.17, 15) is 8.42 Å². The highest BCUT2D eigenvalue weighted by Gasteiger charge is 2.24. The van der Waals surface area contributed by atoms with Gasteiger partial charge in [0.1, 0.15) is 0 Å². The lowest BCUT2D eigenvalue weighted by atomic mass is 10.0. The van der Waals surface area contributed by atoms with E-state index in [0.717, 1.165) is 13.0 Å². The summed E-state index contributed by atoms with van der Waals surface area (Å²) >= 11 is 0. The lowest BCUT2D eigenvalue weighted by molar-refractivity contribution is 0.187. The predicted octanol–water partition coefficient (Wildman–Crippen LogP) is -0.00200. The topological polar surface area (TPSA) is 61.4 Å². The highest BCUT2D eigenvalue weighted by atomic mass is 32.2. The molecule has 0 spiro atoms. The fraction of sp³-hybridized carbons (Fsp3) is 1.00. The van der Waals surface area contributed by atoms with Crippen LogP contribution in [0.5, 0.6) is 0 Å². The molecule has 0 aromatic heterocycles. The van der Waals surface area contributed by atoms with E-state index in [1.54, 1.807) is 14.0 Å². The third-order valence-electron chi connectivity index (χ3n) is 3.46. The zero-order valence-electron chi connectivity index (χ0n) is 11.1. The number of hydrogen-bond donors (Lipinski definition) is 2. The van der Waals surface area contributed by atoms with Gasteiger partial charge in [0.2, 0.25) is 10.0 Å². The van der Waals surface area contributed by atoms with E-state index in [1.165, 1.54) is 12.8 Å². The lowest BCUT2D eigenvalue weighted by Gasteiger charge is -2.32. The van der Waals surface area contributed by atoms with Gasteiger partial charge in [-0.05, 0) is 40.4 Å². The molecule has 1 heterocycles. The molecular formula is C11H25N3O2S. The van der Waals surface area contributed by atoms with E-state index >= 15 is 0 Å². The Morgan fingerprint density at radius 2 is 2.12 bits per heavy atom. The Balaban J connectivity index is 2.43. The highest BCUT2D eigenvalue weighted by molar-refractivity contribution is 7.90. The first-order chi connectivity index (χ1) is 7.97. The molecule has 0 aromatic rings. The molecule has 102 valence electrons. The minimum absolute atomic E-state index is 0.348. The largest absolute Gasteiger partial charge is 0.318 e. The molecule has 2 atom stereocenters. The first-order valence-electron chi connectivity index (χ1n) is 6.30. The van der Waals surface area contributed by atoms with Gasteiger partial charge >= 0.3 is 0 Å². The Hall–Kier alpha value is -0.170. The van der Waals surface area contributed by atoms with Crippen LogP contribution in [0.4, 0.5) is 0 Å². The maximum atomic E-state index is 11.9. The molecule has 1 rings (SSSR count). The maximum absolute atomic E-state index is 11.9. The molecule has 0 amide bonds.